The molecule has 1 aliphatic rings. The third kappa shape index (κ3) is 1.43. The minimum atomic E-state index is -2.36. The number of carboxylic acids is 1. The molecular formula is C7H8O6. The Morgan fingerprint density at radius 2 is 1.92 bits per heavy atom. The van der Waals surface area contributed by atoms with E-state index in [4.69, 9.17) is 20.4 Å². The molecule has 5 N–H and O–H groups in total. The van der Waals surface area contributed by atoms with Crippen molar-refractivity contribution in [3.8, 4) is 0 Å². The van der Waals surface area contributed by atoms with Crippen molar-refractivity contribution in [2.75, 3.05) is 0 Å². The van der Waals surface area contributed by atoms with Gasteiger partial charge in [-0.15, -0.1) is 0 Å². The molecule has 0 bridgehead atoms. The second-order valence-electron chi connectivity index (χ2n) is 2.73. The van der Waals surface area contributed by atoms with E-state index >= 15 is 0 Å². The van der Waals surface area contributed by atoms with E-state index in [1.165, 1.54) is 0 Å². The first kappa shape index (κ1) is 9.40. The molecule has 0 spiro atoms. The van der Waals surface area contributed by atoms with Gasteiger partial charge in [0.15, 0.2) is 17.1 Å². The summed E-state index contributed by atoms with van der Waals surface area (Å²) < 4.78 is 0. The van der Waals surface area contributed by atoms with Crippen LogP contribution < -0.4 is 0 Å². The van der Waals surface area contributed by atoms with Gasteiger partial charge in [0, 0.05) is 6.08 Å². The summed E-state index contributed by atoms with van der Waals surface area (Å²) in [6.07, 6.45) is -0.109. The fourth-order valence-corrected chi connectivity index (χ4v) is 0.970. The minimum Gasteiger partial charge on any atom is -0.508 e. The average molecular weight is 188 g/mol. The molecular weight excluding hydrogens is 180 g/mol. The summed E-state index contributed by atoms with van der Waals surface area (Å²) in [5, 5.41) is 44.5. The monoisotopic (exact) mass is 188 g/mol. The van der Waals surface area contributed by atoms with Crippen molar-refractivity contribution in [3.63, 3.8) is 0 Å². The number of carboxylic acid groups (broad SMARTS) is 1. The molecule has 1 unspecified atom stereocenters. The lowest BCUT2D eigenvalue weighted by atomic mass is 9.93. The van der Waals surface area contributed by atoms with Crippen LogP contribution in [-0.4, -0.2) is 37.1 Å². The Balaban J connectivity index is 3.11. The van der Waals surface area contributed by atoms with Gasteiger partial charge in [0.25, 0.3) is 0 Å². The Hall–Kier alpha value is -1.69. The molecule has 13 heavy (non-hydrogen) atoms. The molecule has 0 aromatic carbocycles. The van der Waals surface area contributed by atoms with Crippen LogP contribution in [0.15, 0.2) is 23.4 Å². The van der Waals surface area contributed by atoms with Crippen LogP contribution in [0.2, 0.25) is 0 Å². The molecule has 6 nitrogen and oxygen atoms in total. The third-order valence-electron chi connectivity index (χ3n) is 1.70. The molecule has 0 amide bonds. The number of carbonyl (C=O) groups is 1. The first-order valence-corrected chi connectivity index (χ1v) is 3.36. The second-order valence-corrected chi connectivity index (χ2v) is 2.73. The van der Waals surface area contributed by atoms with Gasteiger partial charge < -0.3 is 25.5 Å². The lowest BCUT2D eigenvalue weighted by molar-refractivity contribution is -0.154. The highest BCUT2D eigenvalue weighted by Gasteiger charge is 2.40. The van der Waals surface area contributed by atoms with E-state index in [1.54, 1.807) is 0 Å². The molecule has 6 heteroatoms. The quantitative estimate of drug-likeness (QED) is 0.394. The van der Waals surface area contributed by atoms with Gasteiger partial charge in [-0.25, -0.2) is 4.79 Å². The van der Waals surface area contributed by atoms with Crippen LogP contribution >= 0.6 is 0 Å². The summed E-state index contributed by atoms with van der Waals surface area (Å²) in [5.74, 6) is -4.04. The second kappa shape index (κ2) is 2.67. The van der Waals surface area contributed by atoms with Gasteiger partial charge in [-0.2, -0.15) is 0 Å². The van der Waals surface area contributed by atoms with Crippen molar-refractivity contribution in [1.29, 1.82) is 0 Å². The Morgan fingerprint density at radius 3 is 2.31 bits per heavy atom. The van der Waals surface area contributed by atoms with E-state index in [9.17, 15) is 9.90 Å². The van der Waals surface area contributed by atoms with Crippen LogP contribution in [0.25, 0.3) is 0 Å². The maximum absolute atomic E-state index is 10.5. The summed E-state index contributed by atoms with van der Waals surface area (Å²) >= 11 is 0. The van der Waals surface area contributed by atoms with Crippen LogP contribution in [0, 0.1) is 0 Å². The van der Waals surface area contributed by atoms with Crippen molar-refractivity contribution in [3.05, 3.63) is 23.4 Å². The highest BCUT2D eigenvalue weighted by atomic mass is 16.4. The number of rotatable bonds is 1. The van der Waals surface area contributed by atoms with Gasteiger partial charge in [0.1, 0.15) is 5.76 Å². The molecule has 0 aromatic heterocycles. The topological polar surface area (TPSA) is 118 Å². The maximum Gasteiger partial charge on any atom is 0.340 e. The molecule has 0 saturated heterocycles. The van der Waals surface area contributed by atoms with Gasteiger partial charge in [0.2, 0.25) is 0 Å². The fourth-order valence-electron chi connectivity index (χ4n) is 0.970. The van der Waals surface area contributed by atoms with Crippen LogP contribution in [0.4, 0.5) is 0 Å². The van der Waals surface area contributed by atoms with Crippen molar-refractivity contribution in [2.45, 2.75) is 12.0 Å². The largest absolute Gasteiger partial charge is 0.508 e. The third-order valence-corrected chi connectivity index (χ3v) is 1.70. The molecule has 1 aliphatic carbocycles. The molecule has 0 saturated carbocycles. The Labute approximate surface area is 72.7 Å². The van der Waals surface area contributed by atoms with Crippen LogP contribution in [0.3, 0.4) is 0 Å². The summed E-state index contributed by atoms with van der Waals surface area (Å²) in [5.41, 5.74) is -2.36. The lowest BCUT2D eigenvalue weighted by Crippen LogP contribution is -2.39. The molecule has 0 fully saturated rings. The summed E-state index contributed by atoms with van der Waals surface area (Å²) in [6.45, 7) is 0. The van der Waals surface area contributed by atoms with Gasteiger partial charge in [-0.05, 0) is 0 Å². The first-order chi connectivity index (χ1) is 5.87. The fraction of sp³-hybridized carbons (Fsp3) is 0.286. The van der Waals surface area contributed by atoms with Crippen molar-refractivity contribution in [2.24, 2.45) is 0 Å². The zero-order chi connectivity index (χ0) is 10.2. The summed E-state index contributed by atoms with van der Waals surface area (Å²) in [4.78, 5) is 10.5. The SMILES string of the molecule is O=C(O)C1(O)C=C(O)C(O)=C(O)C1. The molecule has 1 atom stereocenters. The van der Waals surface area contributed by atoms with E-state index in [1.807, 2.05) is 0 Å². The summed E-state index contributed by atoms with van der Waals surface area (Å²) in [7, 11) is 0. The van der Waals surface area contributed by atoms with E-state index in [-0.39, 0.29) is 0 Å². The number of aliphatic hydroxyl groups is 4. The van der Waals surface area contributed by atoms with Gasteiger partial charge in [-0.3, -0.25) is 0 Å². The van der Waals surface area contributed by atoms with Gasteiger partial charge in [0.05, 0.1) is 6.42 Å². The molecule has 1 rings (SSSR count). The average Bonchev–Trinajstić information content (AvgIpc) is 2.00. The van der Waals surface area contributed by atoms with Crippen molar-refractivity contribution in [1.82, 2.24) is 0 Å². The predicted octanol–water partition coefficient (Wildman–Crippen LogP) is -0.0247. The highest BCUT2D eigenvalue weighted by molar-refractivity contribution is 5.81. The van der Waals surface area contributed by atoms with Crippen LogP contribution in [0.1, 0.15) is 6.42 Å². The first-order valence-electron chi connectivity index (χ1n) is 3.36. The lowest BCUT2D eigenvalue weighted by Gasteiger charge is -2.23. The van der Waals surface area contributed by atoms with Gasteiger partial charge in [-0.1, -0.05) is 0 Å². The smallest absolute Gasteiger partial charge is 0.340 e. The number of hydrogen-bond acceptors (Lipinski definition) is 5. The standard InChI is InChI=1S/C7H8O6/c8-3-1-7(13,6(11)12)2-4(9)5(3)10/h1,8-10,13H,2H2,(H,11,12). The number of hydrogen-bond donors (Lipinski definition) is 5. The normalized spacial score (nSPS) is 28.5. The Bertz CT molecular complexity index is 315. The van der Waals surface area contributed by atoms with E-state index in [0.29, 0.717) is 6.08 Å². The zero-order valence-corrected chi connectivity index (χ0v) is 6.43. The Morgan fingerprint density at radius 1 is 1.38 bits per heavy atom. The Kier molecular flexibility index (Phi) is 1.93. The number of aliphatic carboxylic acids is 1. The van der Waals surface area contributed by atoms with E-state index < -0.39 is 35.3 Å². The van der Waals surface area contributed by atoms with E-state index in [2.05, 4.69) is 0 Å². The van der Waals surface area contributed by atoms with Crippen LogP contribution in [0.5, 0.6) is 0 Å². The molecule has 0 aromatic rings. The van der Waals surface area contributed by atoms with E-state index in [0.717, 1.165) is 0 Å². The van der Waals surface area contributed by atoms with Crippen molar-refractivity contribution >= 4 is 5.97 Å². The zero-order valence-electron chi connectivity index (χ0n) is 6.43. The van der Waals surface area contributed by atoms with Gasteiger partial charge >= 0.3 is 5.97 Å². The number of aliphatic hydroxyl groups excluding tert-OH is 3. The summed E-state index contributed by atoms with van der Waals surface area (Å²) in [6, 6.07) is 0. The predicted molar refractivity (Wildman–Crippen MR) is 40.2 cm³/mol. The molecule has 72 valence electrons. The highest BCUT2D eigenvalue weighted by Crippen LogP contribution is 2.27. The molecule has 0 aliphatic heterocycles. The molecule has 0 radical (unpaired) electrons. The maximum atomic E-state index is 10.5. The van der Waals surface area contributed by atoms with Crippen molar-refractivity contribution < 1.29 is 30.3 Å². The van der Waals surface area contributed by atoms with Crippen LogP contribution in [-0.2, 0) is 4.79 Å². The molecule has 0 heterocycles. The minimum absolute atomic E-state index is 0.560.